The Morgan fingerprint density at radius 3 is 2.94 bits per heavy atom. The standard InChI is InChI=1S/C14H22N2O2/c1-3-18-13-7-4-6-12(10-13)11-16-14(17)8-5-9-15-2/h4,6-7,10,15H,3,5,8-9,11H2,1-2H3,(H,16,17). The van der Waals surface area contributed by atoms with Gasteiger partial charge in [0, 0.05) is 13.0 Å². The summed E-state index contributed by atoms with van der Waals surface area (Å²) in [6.45, 7) is 4.03. The number of hydrogen-bond donors (Lipinski definition) is 2. The monoisotopic (exact) mass is 250 g/mol. The van der Waals surface area contributed by atoms with Crippen molar-refractivity contribution in [1.82, 2.24) is 10.6 Å². The number of amides is 1. The summed E-state index contributed by atoms with van der Waals surface area (Å²) in [5.41, 5.74) is 1.06. The molecule has 0 radical (unpaired) electrons. The van der Waals surface area contributed by atoms with Crippen LogP contribution in [0.25, 0.3) is 0 Å². The molecule has 18 heavy (non-hydrogen) atoms. The fourth-order valence-corrected chi connectivity index (χ4v) is 1.63. The van der Waals surface area contributed by atoms with E-state index in [9.17, 15) is 4.79 Å². The van der Waals surface area contributed by atoms with Crippen molar-refractivity contribution in [3.05, 3.63) is 29.8 Å². The average Bonchev–Trinajstić information content (AvgIpc) is 2.38. The Hall–Kier alpha value is -1.55. The number of hydrogen-bond acceptors (Lipinski definition) is 3. The van der Waals surface area contributed by atoms with Crippen LogP contribution in [0.2, 0.25) is 0 Å². The topological polar surface area (TPSA) is 50.4 Å². The molecule has 0 fully saturated rings. The van der Waals surface area contributed by atoms with Crippen molar-refractivity contribution in [2.24, 2.45) is 0 Å². The lowest BCUT2D eigenvalue weighted by atomic mass is 10.2. The second-order valence-electron chi connectivity index (χ2n) is 4.06. The van der Waals surface area contributed by atoms with Crippen molar-refractivity contribution in [3.63, 3.8) is 0 Å². The van der Waals surface area contributed by atoms with Crippen LogP contribution in [0, 0.1) is 0 Å². The molecule has 1 aromatic carbocycles. The van der Waals surface area contributed by atoms with Crippen LogP contribution in [-0.4, -0.2) is 26.1 Å². The first kappa shape index (κ1) is 14.5. The van der Waals surface area contributed by atoms with E-state index < -0.39 is 0 Å². The Labute approximate surface area is 109 Å². The maximum atomic E-state index is 11.5. The summed E-state index contributed by atoms with van der Waals surface area (Å²) in [5, 5.41) is 5.93. The molecule has 0 saturated carbocycles. The molecule has 0 aliphatic heterocycles. The minimum Gasteiger partial charge on any atom is -0.494 e. The number of carbonyl (C=O) groups excluding carboxylic acids is 1. The van der Waals surface area contributed by atoms with Gasteiger partial charge in [0.25, 0.3) is 0 Å². The van der Waals surface area contributed by atoms with Crippen LogP contribution < -0.4 is 15.4 Å². The summed E-state index contributed by atoms with van der Waals surface area (Å²) in [7, 11) is 1.89. The maximum absolute atomic E-state index is 11.5. The quantitative estimate of drug-likeness (QED) is 0.690. The molecule has 1 rings (SSSR count). The molecule has 1 aromatic rings. The summed E-state index contributed by atoms with van der Waals surface area (Å²) in [5.74, 6) is 0.937. The predicted molar refractivity (Wildman–Crippen MR) is 72.6 cm³/mol. The molecule has 0 spiro atoms. The summed E-state index contributed by atoms with van der Waals surface area (Å²) >= 11 is 0. The average molecular weight is 250 g/mol. The third-order valence-electron chi connectivity index (χ3n) is 2.53. The van der Waals surface area contributed by atoms with E-state index in [0.29, 0.717) is 19.6 Å². The summed E-state index contributed by atoms with van der Waals surface area (Å²) < 4.78 is 5.41. The molecular weight excluding hydrogens is 228 g/mol. The van der Waals surface area contributed by atoms with Gasteiger partial charge in [-0.05, 0) is 44.6 Å². The highest BCUT2D eigenvalue weighted by Gasteiger charge is 2.01. The molecule has 0 unspecified atom stereocenters. The van der Waals surface area contributed by atoms with Gasteiger partial charge in [-0.15, -0.1) is 0 Å². The molecule has 2 N–H and O–H groups in total. The van der Waals surface area contributed by atoms with E-state index in [1.165, 1.54) is 0 Å². The van der Waals surface area contributed by atoms with E-state index in [-0.39, 0.29) is 5.91 Å². The predicted octanol–water partition coefficient (Wildman–Crippen LogP) is 1.70. The largest absolute Gasteiger partial charge is 0.494 e. The van der Waals surface area contributed by atoms with Crippen molar-refractivity contribution in [3.8, 4) is 5.75 Å². The normalized spacial score (nSPS) is 10.1. The molecule has 4 nitrogen and oxygen atoms in total. The van der Waals surface area contributed by atoms with Gasteiger partial charge in [-0.1, -0.05) is 12.1 Å². The molecule has 4 heteroatoms. The molecule has 0 bridgehead atoms. The Kier molecular flexibility index (Phi) is 6.87. The first-order chi connectivity index (χ1) is 8.76. The van der Waals surface area contributed by atoms with E-state index in [4.69, 9.17) is 4.74 Å². The van der Waals surface area contributed by atoms with Gasteiger partial charge in [-0.25, -0.2) is 0 Å². The van der Waals surface area contributed by atoms with Crippen molar-refractivity contribution >= 4 is 5.91 Å². The third-order valence-corrected chi connectivity index (χ3v) is 2.53. The highest BCUT2D eigenvalue weighted by molar-refractivity contribution is 5.75. The number of nitrogens with one attached hydrogen (secondary N) is 2. The van der Waals surface area contributed by atoms with E-state index >= 15 is 0 Å². The number of carbonyl (C=O) groups is 1. The van der Waals surface area contributed by atoms with Gasteiger partial charge in [0.2, 0.25) is 5.91 Å². The molecule has 0 heterocycles. The first-order valence-corrected chi connectivity index (χ1v) is 6.39. The zero-order valence-electron chi connectivity index (χ0n) is 11.2. The Balaban J connectivity index is 2.33. The summed E-state index contributed by atoms with van der Waals surface area (Å²) in [6, 6.07) is 7.79. The molecule has 0 aromatic heterocycles. The van der Waals surface area contributed by atoms with Crippen molar-refractivity contribution in [2.75, 3.05) is 20.2 Å². The molecule has 0 aliphatic carbocycles. The fourth-order valence-electron chi connectivity index (χ4n) is 1.63. The van der Waals surface area contributed by atoms with Gasteiger partial charge in [-0.3, -0.25) is 4.79 Å². The van der Waals surface area contributed by atoms with E-state index in [1.54, 1.807) is 0 Å². The number of ether oxygens (including phenoxy) is 1. The van der Waals surface area contributed by atoms with Gasteiger partial charge in [0.1, 0.15) is 5.75 Å². The number of benzene rings is 1. The lowest BCUT2D eigenvalue weighted by molar-refractivity contribution is -0.121. The van der Waals surface area contributed by atoms with E-state index in [2.05, 4.69) is 10.6 Å². The van der Waals surface area contributed by atoms with Crippen LogP contribution in [0.15, 0.2) is 24.3 Å². The zero-order valence-corrected chi connectivity index (χ0v) is 11.2. The van der Waals surface area contributed by atoms with Gasteiger partial charge in [0.05, 0.1) is 6.61 Å². The van der Waals surface area contributed by atoms with Crippen molar-refractivity contribution < 1.29 is 9.53 Å². The molecular formula is C14H22N2O2. The SMILES string of the molecule is CCOc1cccc(CNC(=O)CCCNC)c1. The zero-order chi connectivity index (χ0) is 13.2. The van der Waals surface area contributed by atoms with Crippen LogP contribution in [0.1, 0.15) is 25.3 Å². The second-order valence-corrected chi connectivity index (χ2v) is 4.06. The maximum Gasteiger partial charge on any atom is 0.220 e. The highest BCUT2D eigenvalue weighted by Crippen LogP contribution is 2.12. The Bertz CT molecular complexity index is 367. The van der Waals surface area contributed by atoms with Gasteiger partial charge in [-0.2, -0.15) is 0 Å². The Morgan fingerprint density at radius 1 is 1.39 bits per heavy atom. The second kappa shape index (κ2) is 8.53. The smallest absolute Gasteiger partial charge is 0.220 e. The summed E-state index contributed by atoms with van der Waals surface area (Å²) in [6.07, 6.45) is 1.42. The Morgan fingerprint density at radius 2 is 2.22 bits per heavy atom. The minimum atomic E-state index is 0.0899. The first-order valence-electron chi connectivity index (χ1n) is 6.39. The van der Waals surface area contributed by atoms with Crippen LogP contribution >= 0.6 is 0 Å². The fraction of sp³-hybridized carbons (Fsp3) is 0.500. The van der Waals surface area contributed by atoms with Gasteiger partial charge < -0.3 is 15.4 Å². The highest BCUT2D eigenvalue weighted by atomic mass is 16.5. The van der Waals surface area contributed by atoms with Crippen LogP contribution in [0.3, 0.4) is 0 Å². The summed E-state index contributed by atoms with van der Waals surface area (Å²) in [4.78, 5) is 11.5. The minimum absolute atomic E-state index is 0.0899. The lowest BCUT2D eigenvalue weighted by Gasteiger charge is -2.07. The molecule has 1 amide bonds. The molecule has 0 atom stereocenters. The van der Waals surface area contributed by atoms with Crippen molar-refractivity contribution in [2.45, 2.75) is 26.3 Å². The van der Waals surface area contributed by atoms with Crippen LogP contribution in [0.5, 0.6) is 5.75 Å². The molecule has 0 aliphatic rings. The number of rotatable bonds is 8. The van der Waals surface area contributed by atoms with Gasteiger partial charge >= 0.3 is 0 Å². The van der Waals surface area contributed by atoms with Crippen LogP contribution in [0.4, 0.5) is 0 Å². The third kappa shape index (κ3) is 5.68. The van der Waals surface area contributed by atoms with E-state index in [1.807, 2.05) is 38.2 Å². The molecule has 0 saturated heterocycles. The lowest BCUT2D eigenvalue weighted by Crippen LogP contribution is -2.23. The van der Waals surface area contributed by atoms with E-state index in [0.717, 1.165) is 24.3 Å². The van der Waals surface area contributed by atoms with Crippen molar-refractivity contribution in [1.29, 1.82) is 0 Å². The van der Waals surface area contributed by atoms with Crippen LogP contribution in [-0.2, 0) is 11.3 Å². The molecule has 100 valence electrons. The van der Waals surface area contributed by atoms with Gasteiger partial charge in [0.15, 0.2) is 0 Å².